The molecular formula is C8H6Br2ClI. The van der Waals surface area contributed by atoms with E-state index in [9.17, 15) is 0 Å². The Morgan fingerprint density at radius 2 is 2.08 bits per heavy atom. The Labute approximate surface area is 107 Å². The van der Waals surface area contributed by atoms with Crippen molar-refractivity contribution in [2.45, 2.75) is 8.16 Å². The molecule has 1 aromatic rings. The smallest absolute Gasteiger partial charge is 0.0840 e. The molecule has 0 aliphatic carbocycles. The fourth-order valence-electron chi connectivity index (χ4n) is 0.921. The van der Waals surface area contributed by atoms with E-state index in [-0.39, 0.29) is 3.74 Å². The fraction of sp³-hybridized carbons (Fsp3) is 0.250. The van der Waals surface area contributed by atoms with E-state index < -0.39 is 0 Å². The third-order valence-corrected chi connectivity index (χ3v) is 3.63. The fourth-order valence-corrected chi connectivity index (χ4v) is 3.10. The van der Waals surface area contributed by atoms with E-state index in [1.54, 1.807) is 0 Å². The zero-order valence-electron chi connectivity index (χ0n) is 6.03. The zero-order chi connectivity index (χ0) is 9.14. The van der Waals surface area contributed by atoms with Crippen molar-refractivity contribution in [2.75, 3.05) is 0 Å². The van der Waals surface area contributed by atoms with Gasteiger partial charge in [0.2, 0.25) is 0 Å². The van der Waals surface area contributed by atoms with Crippen LogP contribution in [0.2, 0.25) is 5.02 Å². The molecule has 0 spiro atoms. The first-order valence-electron chi connectivity index (χ1n) is 3.28. The van der Waals surface area contributed by atoms with Crippen LogP contribution in [0.4, 0.5) is 0 Å². The molecule has 0 atom stereocenters. The molecule has 0 saturated carbocycles. The standard InChI is InChI=1S/C8H6Br2ClI/c9-8(10)5-2-1-3-7(11)6(5)4-12/h1-3,8H,4H2. The molecule has 0 heterocycles. The summed E-state index contributed by atoms with van der Waals surface area (Å²) < 4.78 is 1.12. The monoisotopic (exact) mass is 422 g/mol. The van der Waals surface area contributed by atoms with Crippen LogP contribution >= 0.6 is 66.1 Å². The lowest BCUT2D eigenvalue weighted by molar-refractivity contribution is 1.30. The Morgan fingerprint density at radius 3 is 2.50 bits per heavy atom. The molecule has 0 fully saturated rings. The summed E-state index contributed by atoms with van der Waals surface area (Å²) in [6, 6.07) is 5.94. The van der Waals surface area contributed by atoms with E-state index >= 15 is 0 Å². The first kappa shape index (κ1) is 11.3. The van der Waals surface area contributed by atoms with Crippen molar-refractivity contribution in [1.82, 2.24) is 0 Å². The summed E-state index contributed by atoms with van der Waals surface area (Å²) in [6.45, 7) is 0. The van der Waals surface area contributed by atoms with Gasteiger partial charge in [0.1, 0.15) is 0 Å². The van der Waals surface area contributed by atoms with Crippen molar-refractivity contribution in [3.63, 3.8) is 0 Å². The van der Waals surface area contributed by atoms with Crippen LogP contribution in [0, 0.1) is 0 Å². The van der Waals surface area contributed by atoms with Crippen LogP contribution in [0.5, 0.6) is 0 Å². The molecule has 12 heavy (non-hydrogen) atoms. The SMILES string of the molecule is Clc1cccc(C(Br)Br)c1CI. The third kappa shape index (κ3) is 2.59. The molecular weight excluding hydrogens is 418 g/mol. The highest BCUT2D eigenvalue weighted by atomic mass is 127. The van der Waals surface area contributed by atoms with Gasteiger partial charge in [0.05, 0.1) is 3.74 Å². The third-order valence-electron chi connectivity index (χ3n) is 1.52. The quantitative estimate of drug-likeness (QED) is 0.460. The Kier molecular flexibility index (Phi) is 4.86. The number of rotatable bonds is 2. The Hall–Kier alpha value is 1.20. The van der Waals surface area contributed by atoms with Crippen molar-refractivity contribution in [3.05, 3.63) is 34.3 Å². The van der Waals surface area contributed by atoms with Gasteiger partial charge in [-0.05, 0) is 17.2 Å². The second-order valence-corrected chi connectivity index (χ2v) is 6.47. The summed E-state index contributed by atoms with van der Waals surface area (Å²) in [5, 5.41) is 0.839. The minimum atomic E-state index is 0.188. The summed E-state index contributed by atoms with van der Waals surface area (Å²) in [6.07, 6.45) is 0. The maximum atomic E-state index is 6.03. The van der Waals surface area contributed by atoms with E-state index in [4.69, 9.17) is 11.6 Å². The zero-order valence-corrected chi connectivity index (χ0v) is 12.1. The topological polar surface area (TPSA) is 0 Å². The van der Waals surface area contributed by atoms with Gasteiger partial charge in [-0.1, -0.05) is 78.2 Å². The van der Waals surface area contributed by atoms with E-state index in [0.717, 1.165) is 9.45 Å². The van der Waals surface area contributed by atoms with E-state index in [2.05, 4.69) is 60.5 Å². The van der Waals surface area contributed by atoms with Crippen LogP contribution in [-0.4, -0.2) is 0 Å². The molecule has 1 aromatic carbocycles. The maximum absolute atomic E-state index is 6.03. The van der Waals surface area contributed by atoms with Crippen LogP contribution in [0.25, 0.3) is 0 Å². The summed E-state index contributed by atoms with van der Waals surface area (Å²) in [4.78, 5) is 0. The van der Waals surface area contributed by atoms with Gasteiger partial charge < -0.3 is 0 Å². The average Bonchev–Trinajstić information content (AvgIpc) is 2.03. The van der Waals surface area contributed by atoms with Gasteiger partial charge in [-0.15, -0.1) is 0 Å². The molecule has 0 amide bonds. The first-order chi connectivity index (χ1) is 5.66. The molecule has 0 aliphatic heterocycles. The molecule has 66 valence electrons. The normalized spacial score (nSPS) is 10.8. The average molecular weight is 424 g/mol. The Bertz CT molecular complexity index is 276. The van der Waals surface area contributed by atoms with Crippen molar-refractivity contribution in [1.29, 1.82) is 0 Å². The molecule has 0 unspecified atom stereocenters. The maximum Gasteiger partial charge on any atom is 0.0949 e. The molecule has 1 rings (SSSR count). The second-order valence-electron chi connectivity index (χ2n) is 2.24. The lowest BCUT2D eigenvalue weighted by atomic mass is 10.1. The number of alkyl halides is 3. The highest BCUT2D eigenvalue weighted by Gasteiger charge is 2.10. The Morgan fingerprint density at radius 1 is 1.42 bits per heavy atom. The molecule has 0 aliphatic rings. The van der Waals surface area contributed by atoms with Gasteiger partial charge in [0.15, 0.2) is 0 Å². The number of hydrogen-bond acceptors (Lipinski definition) is 0. The minimum Gasteiger partial charge on any atom is -0.0840 e. The van der Waals surface area contributed by atoms with Crippen molar-refractivity contribution in [3.8, 4) is 0 Å². The summed E-state index contributed by atoms with van der Waals surface area (Å²) in [5.41, 5.74) is 2.40. The first-order valence-corrected chi connectivity index (χ1v) is 7.01. The van der Waals surface area contributed by atoms with Crippen LogP contribution < -0.4 is 0 Å². The molecule has 0 N–H and O–H groups in total. The predicted molar refractivity (Wildman–Crippen MR) is 69.8 cm³/mol. The number of halogens is 4. The van der Waals surface area contributed by atoms with E-state index in [1.165, 1.54) is 11.1 Å². The van der Waals surface area contributed by atoms with Gasteiger partial charge in [0, 0.05) is 9.45 Å². The highest BCUT2D eigenvalue weighted by molar-refractivity contribution is 14.1. The van der Waals surface area contributed by atoms with Gasteiger partial charge in [0.25, 0.3) is 0 Å². The summed E-state index contributed by atoms with van der Waals surface area (Å²) in [5.74, 6) is 0. The molecule has 4 heteroatoms. The van der Waals surface area contributed by atoms with Gasteiger partial charge in [-0.3, -0.25) is 0 Å². The van der Waals surface area contributed by atoms with Gasteiger partial charge in [-0.2, -0.15) is 0 Å². The lowest BCUT2D eigenvalue weighted by Crippen LogP contribution is -1.90. The molecule has 0 radical (unpaired) electrons. The summed E-state index contributed by atoms with van der Waals surface area (Å²) >= 11 is 15.3. The Balaban J connectivity index is 3.18. The molecule has 0 aromatic heterocycles. The van der Waals surface area contributed by atoms with Gasteiger partial charge >= 0.3 is 0 Å². The summed E-state index contributed by atoms with van der Waals surface area (Å²) in [7, 11) is 0. The number of benzene rings is 1. The van der Waals surface area contributed by atoms with E-state index in [0.29, 0.717) is 0 Å². The minimum absolute atomic E-state index is 0.188. The van der Waals surface area contributed by atoms with Crippen molar-refractivity contribution < 1.29 is 0 Å². The van der Waals surface area contributed by atoms with Crippen LogP contribution in [-0.2, 0) is 4.43 Å². The van der Waals surface area contributed by atoms with Crippen LogP contribution in [0.1, 0.15) is 14.9 Å². The highest BCUT2D eigenvalue weighted by Crippen LogP contribution is 2.35. The van der Waals surface area contributed by atoms with Crippen LogP contribution in [0.15, 0.2) is 18.2 Å². The molecule has 0 bridgehead atoms. The number of hydrogen-bond donors (Lipinski definition) is 0. The van der Waals surface area contributed by atoms with Gasteiger partial charge in [-0.25, -0.2) is 0 Å². The lowest BCUT2D eigenvalue weighted by Gasteiger charge is -2.09. The predicted octanol–water partition coefficient (Wildman–Crippen LogP) is 5.06. The molecule has 0 nitrogen and oxygen atoms in total. The van der Waals surface area contributed by atoms with Crippen molar-refractivity contribution in [2.24, 2.45) is 0 Å². The van der Waals surface area contributed by atoms with Crippen LogP contribution in [0.3, 0.4) is 0 Å². The largest absolute Gasteiger partial charge is 0.0949 e. The van der Waals surface area contributed by atoms with Crippen molar-refractivity contribution >= 4 is 66.1 Å². The van der Waals surface area contributed by atoms with E-state index in [1.807, 2.05) is 12.1 Å². The molecule has 0 saturated heterocycles. The second kappa shape index (κ2) is 5.17.